The molecule has 3 heterocycles. The summed E-state index contributed by atoms with van der Waals surface area (Å²) in [5.41, 5.74) is 4.04. The van der Waals surface area contributed by atoms with Crippen LogP contribution in [0.1, 0.15) is 5.56 Å². The van der Waals surface area contributed by atoms with Gasteiger partial charge in [0.15, 0.2) is 0 Å². The Morgan fingerprint density at radius 2 is 1.47 bits per heavy atom. The van der Waals surface area contributed by atoms with E-state index in [2.05, 4.69) is 51.2 Å². The second kappa shape index (κ2) is 10.5. The van der Waals surface area contributed by atoms with E-state index in [1.54, 1.807) is 0 Å². The second-order valence-corrected chi connectivity index (χ2v) is 7.56. The monoisotopic (exact) mass is 473 g/mol. The summed E-state index contributed by atoms with van der Waals surface area (Å²) in [5, 5.41) is 4.34. The minimum atomic E-state index is 0.401. The molecule has 2 aliphatic heterocycles. The Hall–Kier alpha value is -2.56. The molecule has 2 saturated heterocycles. The number of hydrazone groups is 1. The highest BCUT2D eigenvalue weighted by Crippen LogP contribution is 2.19. The quantitative estimate of drug-likeness (QED) is 0.505. The molecule has 30 heavy (non-hydrogen) atoms. The van der Waals surface area contributed by atoms with Gasteiger partial charge in [0.2, 0.25) is 17.8 Å². The van der Waals surface area contributed by atoms with E-state index in [4.69, 9.17) is 9.47 Å². The molecule has 2 aliphatic rings. The van der Waals surface area contributed by atoms with Crippen LogP contribution in [0.4, 0.5) is 17.8 Å². The number of anilines is 3. The number of morpholine rings is 2. The van der Waals surface area contributed by atoms with Gasteiger partial charge in [-0.2, -0.15) is 20.1 Å². The van der Waals surface area contributed by atoms with Gasteiger partial charge in [-0.15, -0.1) is 0 Å². The van der Waals surface area contributed by atoms with E-state index in [0.29, 0.717) is 48.9 Å². The Kier molecular flexibility index (Phi) is 7.22. The molecule has 1 N–H and O–H groups in total. The number of allylic oxidation sites excluding steroid dienone is 1. The summed E-state index contributed by atoms with van der Waals surface area (Å²) in [5.74, 6) is 1.66. The Labute approximate surface area is 183 Å². The summed E-state index contributed by atoms with van der Waals surface area (Å²) in [6.45, 7) is 5.64. The zero-order chi connectivity index (χ0) is 20.6. The molecule has 0 radical (unpaired) electrons. The van der Waals surface area contributed by atoms with Gasteiger partial charge < -0.3 is 19.3 Å². The van der Waals surface area contributed by atoms with Gasteiger partial charge in [-0.3, -0.25) is 0 Å². The van der Waals surface area contributed by atoms with Gasteiger partial charge in [0.05, 0.1) is 26.4 Å². The minimum Gasteiger partial charge on any atom is -0.378 e. The Bertz CT molecular complexity index is 846. The normalized spacial score (nSPS) is 18.1. The van der Waals surface area contributed by atoms with Crippen LogP contribution in [-0.2, 0) is 9.47 Å². The van der Waals surface area contributed by atoms with Crippen molar-refractivity contribution in [3.05, 3.63) is 42.0 Å². The molecule has 0 aliphatic carbocycles. The zero-order valence-electron chi connectivity index (χ0n) is 16.6. The first-order chi connectivity index (χ1) is 14.8. The van der Waals surface area contributed by atoms with Crippen molar-refractivity contribution in [2.75, 3.05) is 67.8 Å². The first-order valence-corrected chi connectivity index (χ1v) is 10.7. The molecule has 0 atom stereocenters. The largest absolute Gasteiger partial charge is 0.378 e. The van der Waals surface area contributed by atoms with Crippen LogP contribution in [0.25, 0.3) is 6.08 Å². The van der Waals surface area contributed by atoms with Crippen molar-refractivity contribution < 1.29 is 9.47 Å². The van der Waals surface area contributed by atoms with E-state index in [0.717, 1.165) is 31.7 Å². The van der Waals surface area contributed by atoms with Gasteiger partial charge in [-0.25, -0.2) is 5.43 Å². The standard InChI is InChI=1S/C20H24BrN7O2/c21-17(7-6-16-4-2-1-3-5-16)25-26-18-22-19(27-8-12-29-13-9-27)24-20(23-18)28-10-14-30-15-11-28/h1-7H,8-15H2,(H,22,23,24,26)/b7-6-,25-17+. The highest BCUT2D eigenvalue weighted by molar-refractivity contribution is 9.18. The van der Waals surface area contributed by atoms with Crippen LogP contribution < -0.4 is 15.2 Å². The third-order valence-corrected chi connectivity index (χ3v) is 5.12. The van der Waals surface area contributed by atoms with Gasteiger partial charge in [0.25, 0.3) is 0 Å². The van der Waals surface area contributed by atoms with E-state index in [1.165, 1.54) is 0 Å². The van der Waals surface area contributed by atoms with Crippen molar-refractivity contribution >= 4 is 44.5 Å². The Balaban J connectivity index is 1.52. The first-order valence-electron chi connectivity index (χ1n) is 9.92. The van der Waals surface area contributed by atoms with Crippen molar-refractivity contribution in [1.29, 1.82) is 0 Å². The van der Waals surface area contributed by atoms with E-state index in [-0.39, 0.29) is 0 Å². The molecular weight excluding hydrogens is 450 g/mol. The molecule has 2 fully saturated rings. The van der Waals surface area contributed by atoms with Gasteiger partial charge in [-0.05, 0) is 27.6 Å². The van der Waals surface area contributed by atoms with Gasteiger partial charge in [0.1, 0.15) is 4.62 Å². The smallest absolute Gasteiger partial charge is 0.250 e. The fraction of sp³-hybridized carbons (Fsp3) is 0.400. The van der Waals surface area contributed by atoms with E-state index < -0.39 is 0 Å². The molecule has 158 valence electrons. The average molecular weight is 474 g/mol. The lowest BCUT2D eigenvalue weighted by Gasteiger charge is -2.30. The lowest BCUT2D eigenvalue weighted by molar-refractivity contribution is 0.121. The predicted molar refractivity (Wildman–Crippen MR) is 121 cm³/mol. The van der Waals surface area contributed by atoms with Crippen LogP contribution in [0.3, 0.4) is 0 Å². The first kappa shape index (κ1) is 20.7. The summed E-state index contributed by atoms with van der Waals surface area (Å²) in [6.07, 6.45) is 3.84. The maximum Gasteiger partial charge on any atom is 0.250 e. The third kappa shape index (κ3) is 5.74. The minimum absolute atomic E-state index is 0.401. The SMILES string of the molecule is BrC(/C=C\c1ccccc1)=N/Nc1nc(N2CCOCC2)nc(N2CCOCC2)n1. The maximum atomic E-state index is 5.45. The average Bonchev–Trinajstić information content (AvgIpc) is 2.83. The van der Waals surface area contributed by atoms with Crippen molar-refractivity contribution in [3.8, 4) is 0 Å². The second-order valence-electron chi connectivity index (χ2n) is 6.75. The number of aromatic nitrogens is 3. The Morgan fingerprint density at radius 1 is 0.900 bits per heavy atom. The molecule has 1 aromatic heterocycles. The number of benzene rings is 1. The summed E-state index contributed by atoms with van der Waals surface area (Å²) in [7, 11) is 0. The molecule has 0 amide bonds. The molecular formula is C20H24BrN7O2. The number of ether oxygens (including phenoxy) is 2. The van der Waals surface area contributed by atoms with Crippen molar-refractivity contribution in [2.45, 2.75) is 0 Å². The summed E-state index contributed by atoms with van der Waals surface area (Å²) in [6, 6.07) is 10.0. The lowest BCUT2D eigenvalue weighted by Crippen LogP contribution is -2.40. The van der Waals surface area contributed by atoms with Crippen molar-refractivity contribution in [1.82, 2.24) is 15.0 Å². The number of nitrogens with zero attached hydrogens (tertiary/aromatic N) is 6. The van der Waals surface area contributed by atoms with Crippen LogP contribution >= 0.6 is 15.9 Å². The molecule has 0 spiro atoms. The lowest BCUT2D eigenvalue weighted by atomic mass is 10.2. The molecule has 2 aromatic rings. The Morgan fingerprint density at radius 3 is 2.03 bits per heavy atom. The highest BCUT2D eigenvalue weighted by atomic mass is 79.9. The number of nitrogens with one attached hydrogen (secondary N) is 1. The van der Waals surface area contributed by atoms with E-state index >= 15 is 0 Å². The zero-order valence-corrected chi connectivity index (χ0v) is 18.2. The molecule has 0 bridgehead atoms. The maximum absolute atomic E-state index is 5.45. The summed E-state index contributed by atoms with van der Waals surface area (Å²) in [4.78, 5) is 18.0. The molecule has 10 heteroatoms. The predicted octanol–water partition coefficient (Wildman–Crippen LogP) is 2.38. The van der Waals surface area contributed by atoms with E-state index in [1.807, 2.05) is 42.5 Å². The van der Waals surface area contributed by atoms with Crippen molar-refractivity contribution in [3.63, 3.8) is 0 Å². The molecule has 4 rings (SSSR count). The number of hydrogen-bond acceptors (Lipinski definition) is 9. The topological polar surface area (TPSA) is 88.0 Å². The van der Waals surface area contributed by atoms with Gasteiger partial charge in [-0.1, -0.05) is 36.4 Å². The fourth-order valence-electron chi connectivity index (χ4n) is 3.08. The summed E-state index contributed by atoms with van der Waals surface area (Å²) < 4.78 is 11.5. The van der Waals surface area contributed by atoms with Gasteiger partial charge in [0, 0.05) is 26.2 Å². The highest BCUT2D eigenvalue weighted by Gasteiger charge is 2.20. The van der Waals surface area contributed by atoms with Crippen LogP contribution in [0, 0.1) is 0 Å². The fourth-order valence-corrected chi connectivity index (χ4v) is 3.30. The molecule has 0 saturated carbocycles. The molecule has 1 aromatic carbocycles. The number of hydrogen-bond donors (Lipinski definition) is 1. The number of halogens is 1. The number of rotatable bonds is 6. The van der Waals surface area contributed by atoms with Crippen LogP contribution in [0.2, 0.25) is 0 Å². The van der Waals surface area contributed by atoms with Crippen molar-refractivity contribution in [2.24, 2.45) is 5.10 Å². The molecule has 0 unspecified atom stereocenters. The van der Waals surface area contributed by atoms with Gasteiger partial charge >= 0.3 is 0 Å². The van der Waals surface area contributed by atoms with Crippen LogP contribution in [-0.4, -0.2) is 72.2 Å². The van der Waals surface area contributed by atoms with Crippen LogP contribution in [0.15, 0.2) is 41.5 Å². The van der Waals surface area contributed by atoms with Crippen LogP contribution in [0.5, 0.6) is 0 Å². The van der Waals surface area contributed by atoms with E-state index in [9.17, 15) is 0 Å². The molecule has 9 nitrogen and oxygen atoms in total. The summed E-state index contributed by atoms with van der Waals surface area (Å²) >= 11 is 3.46. The third-order valence-electron chi connectivity index (χ3n) is 4.68.